The van der Waals surface area contributed by atoms with E-state index in [1.807, 2.05) is 0 Å². The third-order valence-corrected chi connectivity index (χ3v) is 4.42. The molecule has 5 nitrogen and oxygen atoms in total. The highest BCUT2D eigenvalue weighted by molar-refractivity contribution is 5.75. The zero-order valence-corrected chi connectivity index (χ0v) is 12.1. The first kappa shape index (κ1) is 14.8. The zero-order valence-electron chi connectivity index (χ0n) is 12.1. The molecule has 19 heavy (non-hydrogen) atoms. The summed E-state index contributed by atoms with van der Waals surface area (Å²) < 4.78 is 10.4. The lowest BCUT2D eigenvalue weighted by molar-refractivity contribution is -0.151. The van der Waals surface area contributed by atoms with Crippen molar-refractivity contribution in [1.82, 2.24) is 10.2 Å². The molecular weight excluding hydrogens is 244 g/mol. The molecule has 2 aliphatic heterocycles. The minimum absolute atomic E-state index is 0.115. The maximum absolute atomic E-state index is 11.9. The SMILES string of the molecule is COC(=O)C1CC(OC)CCN1CC1CCNCC1. The summed E-state index contributed by atoms with van der Waals surface area (Å²) >= 11 is 0. The first-order chi connectivity index (χ1) is 9.24. The lowest BCUT2D eigenvalue weighted by atomic mass is 9.93. The predicted molar refractivity (Wildman–Crippen MR) is 73.0 cm³/mol. The van der Waals surface area contributed by atoms with Gasteiger partial charge in [0.25, 0.3) is 0 Å². The summed E-state index contributed by atoms with van der Waals surface area (Å²) in [7, 11) is 3.20. The van der Waals surface area contributed by atoms with Crippen LogP contribution in [-0.2, 0) is 14.3 Å². The molecule has 0 amide bonds. The Kier molecular flexibility index (Phi) is 5.60. The summed E-state index contributed by atoms with van der Waals surface area (Å²) in [5.41, 5.74) is 0. The number of methoxy groups -OCH3 is 2. The van der Waals surface area contributed by atoms with E-state index in [1.54, 1.807) is 7.11 Å². The minimum atomic E-state index is -0.126. The van der Waals surface area contributed by atoms with Gasteiger partial charge in [0.1, 0.15) is 6.04 Å². The van der Waals surface area contributed by atoms with Crippen LogP contribution in [0.2, 0.25) is 0 Å². The molecule has 0 radical (unpaired) electrons. The highest BCUT2D eigenvalue weighted by Crippen LogP contribution is 2.24. The molecule has 0 aromatic heterocycles. The van der Waals surface area contributed by atoms with Gasteiger partial charge in [-0.2, -0.15) is 0 Å². The van der Waals surface area contributed by atoms with Crippen molar-refractivity contribution < 1.29 is 14.3 Å². The molecule has 0 bridgehead atoms. The number of hydrogen-bond acceptors (Lipinski definition) is 5. The van der Waals surface area contributed by atoms with Crippen molar-refractivity contribution in [2.45, 2.75) is 37.8 Å². The Morgan fingerprint density at radius 3 is 2.63 bits per heavy atom. The maximum Gasteiger partial charge on any atom is 0.323 e. The second-order valence-electron chi connectivity index (χ2n) is 5.61. The van der Waals surface area contributed by atoms with Gasteiger partial charge in [-0.3, -0.25) is 9.69 Å². The maximum atomic E-state index is 11.9. The monoisotopic (exact) mass is 270 g/mol. The number of hydrogen-bond donors (Lipinski definition) is 1. The molecule has 5 heteroatoms. The highest BCUT2D eigenvalue weighted by Gasteiger charge is 2.35. The van der Waals surface area contributed by atoms with E-state index in [2.05, 4.69) is 10.2 Å². The summed E-state index contributed by atoms with van der Waals surface area (Å²) in [6.07, 6.45) is 4.37. The van der Waals surface area contributed by atoms with Gasteiger partial charge in [-0.25, -0.2) is 0 Å². The van der Waals surface area contributed by atoms with Crippen LogP contribution in [0.1, 0.15) is 25.7 Å². The Labute approximate surface area is 115 Å². The lowest BCUT2D eigenvalue weighted by Crippen LogP contribution is -2.51. The van der Waals surface area contributed by atoms with E-state index in [-0.39, 0.29) is 18.1 Å². The third-order valence-electron chi connectivity index (χ3n) is 4.42. The molecule has 2 fully saturated rings. The van der Waals surface area contributed by atoms with Crippen LogP contribution in [0, 0.1) is 5.92 Å². The summed E-state index contributed by atoms with van der Waals surface area (Å²) in [5.74, 6) is 0.586. The van der Waals surface area contributed by atoms with Crippen molar-refractivity contribution >= 4 is 5.97 Å². The molecule has 0 aliphatic carbocycles. The van der Waals surface area contributed by atoms with E-state index in [1.165, 1.54) is 20.0 Å². The average molecular weight is 270 g/mol. The molecule has 2 atom stereocenters. The van der Waals surface area contributed by atoms with E-state index in [9.17, 15) is 4.79 Å². The van der Waals surface area contributed by atoms with E-state index < -0.39 is 0 Å². The largest absolute Gasteiger partial charge is 0.468 e. The van der Waals surface area contributed by atoms with Crippen molar-refractivity contribution in [1.29, 1.82) is 0 Å². The fourth-order valence-corrected chi connectivity index (χ4v) is 3.19. The topological polar surface area (TPSA) is 50.8 Å². The average Bonchev–Trinajstić information content (AvgIpc) is 2.48. The third kappa shape index (κ3) is 3.91. The van der Waals surface area contributed by atoms with E-state index in [4.69, 9.17) is 9.47 Å². The number of carbonyl (C=O) groups is 1. The van der Waals surface area contributed by atoms with Crippen LogP contribution < -0.4 is 5.32 Å². The van der Waals surface area contributed by atoms with Gasteiger partial charge in [0.15, 0.2) is 0 Å². The molecule has 2 unspecified atom stereocenters. The first-order valence-electron chi connectivity index (χ1n) is 7.30. The van der Waals surface area contributed by atoms with Crippen LogP contribution in [0.25, 0.3) is 0 Å². The number of nitrogens with one attached hydrogen (secondary N) is 1. The van der Waals surface area contributed by atoms with E-state index in [0.717, 1.165) is 39.0 Å². The number of ether oxygens (including phenoxy) is 2. The normalized spacial score (nSPS) is 30.2. The Balaban J connectivity index is 1.93. The van der Waals surface area contributed by atoms with Gasteiger partial charge < -0.3 is 14.8 Å². The fourth-order valence-electron chi connectivity index (χ4n) is 3.19. The molecule has 0 aromatic carbocycles. The van der Waals surface area contributed by atoms with Crippen molar-refractivity contribution in [2.75, 3.05) is 40.4 Å². The molecule has 110 valence electrons. The summed E-state index contributed by atoms with van der Waals surface area (Å²) in [6, 6.07) is -0.126. The number of carbonyl (C=O) groups excluding carboxylic acids is 1. The number of nitrogens with zero attached hydrogens (tertiary/aromatic N) is 1. The quantitative estimate of drug-likeness (QED) is 0.760. The van der Waals surface area contributed by atoms with Crippen LogP contribution in [0.5, 0.6) is 0 Å². The summed E-state index contributed by atoms with van der Waals surface area (Å²) in [6.45, 7) is 4.14. The number of rotatable bonds is 4. The molecule has 2 heterocycles. The van der Waals surface area contributed by atoms with Gasteiger partial charge in [-0.1, -0.05) is 0 Å². The zero-order chi connectivity index (χ0) is 13.7. The summed E-state index contributed by atoms with van der Waals surface area (Å²) in [4.78, 5) is 14.3. The van der Waals surface area contributed by atoms with Crippen molar-refractivity contribution in [2.24, 2.45) is 5.92 Å². The van der Waals surface area contributed by atoms with Gasteiger partial charge >= 0.3 is 5.97 Å². The highest BCUT2D eigenvalue weighted by atomic mass is 16.5. The minimum Gasteiger partial charge on any atom is -0.468 e. The van der Waals surface area contributed by atoms with Crippen LogP contribution in [0.4, 0.5) is 0 Å². The molecule has 0 saturated carbocycles. The standard InChI is InChI=1S/C14H26N2O3/c1-18-12-5-8-16(13(9-12)14(17)19-2)10-11-3-6-15-7-4-11/h11-13,15H,3-10H2,1-2H3. The van der Waals surface area contributed by atoms with E-state index in [0.29, 0.717) is 5.92 Å². The number of piperidine rings is 2. The molecule has 2 rings (SSSR count). The van der Waals surface area contributed by atoms with Gasteiger partial charge in [-0.05, 0) is 44.7 Å². The second kappa shape index (κ2) is 7.22. The van der Waals surface area contributed by atoms with Crippen LogP contribution >= 0.6 is 0 Å². The van der Waals surface area contributed by atoms with Crippen molar-refractivity contribution in [3.05, 3.63) is 0 Å². The van der Waals surface area contributed by atoms with Crippen LogP contribution in [0.15, 0.2) is 0 Å². The Hall–Kier alpha value is -0.650. The summed E-state index contributed by atoms with van der Waals surface area (Å²) in [5, 5.41) is 3.38. The molecule has 2 saturated heterocycles. The van der Waals surface area contributed by atoms with Crippen molar-refractivity contribution in [3.63, 3.8) is 0 Å². The smallest absolute Gasteiger partial charge is 0.323 e. The van der Waals surface area contributed by atoms with Crippen molar-refractivity contribution in [3.8, 4) is 0 Å². The second-order valence-corrected chi connectivity index (χ2v) is 5.61. The van der Waals surface area contributed by atoms with Gasteiger partial charge in [-0.15, -0.1) is 0 Å². The lowest BCUT2D eigenvalue weighted by Gasteiger charge is -2.39. The number of esters is 1. The van der Waals surface area contributed by atoms with Gasteiger partial charge in [0.05, 0.1) is 13.2 Å². The van der Waals surface area contributed by atoms with Gasteiger partial charge in [0.2, 0.25) is 0 Å². The molecule has 2 aliphatic rings. The van der Waals surface area contributed by atoms with Gasteiger partial charge in [0, 0.05) is 20.2 Å². The Bertz CT molecular complexity index is 292. The molecular formula is C14H26N2O3. The predicted octanol–water partition coefficient (Wildman–Crippen LogP) is 0.638. The van der Waals surface area contributed by atoms with Crippen LogP contribution in [0.3, 0.4) is 0 Å². The fraction of sp³-hybridized carbons (Fsp3) is 0.929. The molecule has 0 spiro atoms. The Morgan fingerprint density at radius 2 is 2.00 bits per heavy atom. The molecule has 1 N–H and O–H groups in total. The first-order valence-corrected chi connectivity index (χ1v) is 7.30. The Morgan fingerprint density at radius 1 is 1.26 bits per heavy atom. The molecule has 0 aromatic rings. The number of likely N-dealkylation sites (tertiary alicyclic amines) is 1. The van der Waals surface area contributed by atoms with Crippen LogP contribution in [-0.4, -0.2) is 63.4 Å². The van der Waals surface area contributed by atoms with E-state index >= 15 is 0 Å².